The van der Waals surface area contributed by atoms with Gasteiger partial charge in [-0.25, -0.2) is 0 Å². The van der Waals surface area contributed by atoms with Gasteiger partial charge in [-0.05, 0) is 24.6 Å². The van der Waals surface area contributed by atoms with Gasteiger partial charge in [-0.1, -0.05) is 17.7 Å². The van der Waals surface area contributed by atoms with Crippen molar-refractivity contribution in [1.82, 2.24) is 0 Å². The van der Waals surface area contributed by atoms with Crippen molar-refractivity contribution in [1.29, 1.82) is 0 Å². The summed E-state index contributed by atoms with van der Waals surface area (Å²) in [6.45, 7) is 1.47. The fraction of sp³-hybridized carbons (Fsp3) is 0.333. The average molecular weight is 224 g/mol. The SMILES string of the molecule is C[C@H](N)c1c(Cl)cccc1C(F)(F)F. The molecule has 0 unspecified atom stereocenters. The summed E-state index contributed by atoms with van der Waals surface area (Å²) in [5.41, 5.74) is 4.61. The van der Waals surface area contributed by atoms with Gasteiger partial charge in [-0.15, -0.1) is 0 Å². The van der Waals surface area contributed by atoms with Crippen molar-refractivity contribution in [2.24, 2.45) is 5.73 Å². The van der Waals surface area contributed by atoms with Gasteiger partial charge < -0.3 is 5.73 Å². The molecular formula is C9H9ClF3N. The predicted molar refractivity (Wildman–Crippen MR) is 49.1 cm³/mol. The van der Waals surface area contributed by atoms with E-state index in [1.807, 2.05) is 0 Å². The highest BCUT2D eigenvalue weighted by molar-refractivity contribution is 6.31. The van der Waals surface area contributed by atoms with Crippen LogP contribution in [0.1, 0.15) is 24.1 Å². The molecule has 0 saturated heterocycles. The van der Waals surface area contributed by atoms with E-state index in [9.17, 15) is 13.2 Å². The molecule has 5 heteroatoms. The Labute approximate surface area is 84.7 Å². The lowest BCUT2D eigenvalue weighted by Gasteiger charge is -2.16. The van der Waals surface area contributed by atoms with Crippen LogP contribution in [-0.2, 0) is 6.18 Å². The van der Waals surface area contributed by atoms with Gasteiger partial charge in [0.1, 0.15) is 0 Å². The van der Waals surface area contributed by atoms with Gasteiger partial charge in [0.05, 0.1) is 5.56 Å². The van der Waals surface area contributed by atoms with Crippen molar-refractivity contribution >= 4 is 11.6 Å². The largest absolute Gasteiger partial charge is 0.416 e. The van der Waals surface area contributed by atoms with Gasteiger partial charge >= 0.3 is 6.18 Å². The second-order valence-electron chi connectivity index (χ2n) is 2.99. The molecule has 2 N–H and O–H groups in total. The monoisotopic (exact) mass is 223 g/mol. The van der Waals surface area contributed by atoms with Crippen LogP contribution in [0.3, 0.4) is 0 Å². The molecule has 0 heterocycles. The Morgan fingerprint density at radius 3 is 2.29 bits per heavy atom. The first-order valence-electron chi connectivity index (χ1n) is 3.95. The van der Waals surface area contributed by atoms with Crippen molar-refractivity contribution in [2.45, 2.75) is 19.1 Å². The van der Waals surface area contributed by atoms with Crippen molar-refractivity contribution in [3.8, 4) is 0 Å². The number of hydrogen-bond acceptors (Lipinski definition) is 1. The molecule has 0 saturated carbocycles. The summed E-state index contributed by atoms with van der Waals surface area (Å²) in [5.74, 6) is 0. The zero-order valence-corrected chi connectivity index (χ0v) is 8.15. The highest BCUT2D eigenvalue weighted by Crippen LogP contribution is 2.37. The van der Waals surface area contributed by atoms with E-state index in [2.05, 4.69) is 0 Å². The standard InChI is InChI=1S/C9H9ClF3N/c1-5(14)8-6(9(11,12)13)3-2-4-7(8)10/h2-5H,14H2,1H3/t5-/m0/s1. The van der Waals surface area contributed by atoms with Crippen molar-refractivity contribution in [2.75, 3.05) is 0 Å². The van der Waals surface area contributed by atoms with Crippen LogP contribution < -0.4 is 5.73 Å². The molecule has 0 aliphatic rings. The molecular weight excluding hydrogens is 215 g/mol. The summed E-state index contributed by atoms with van der Waals surface area (Å²) in [6, 6.07) is 2.90. The molecule has 0 aliphatic carbocycles. The minimum absolute atomic E-state index is 0.0508. The Bertz CT molecular complexity index is 333. The normalized spacial score (nSPS) is 14.1. The zero-order valence-electron chi connectivity index (χ0n) is 7.40. The maximum Gasteiger partial charge on any atom is 0.416 e. The molecule has 1 rings (SSSR count). The topological polar surface area (TPSA) is 26.0 Å². The average Bonchev–Trinajstić information content (AvgIpc) is 2.01. The van der Waals surface area contributed by atoms with Crippen LogP contribution in [0.25, 0.3) is 0 Å². The number of alkyl halides is 3. The van der Waals surface area contributed by atoms with Gasteiger partial charge in [0, 0.05) is 11.1 Å². The first kappa shape index (κ1) is 11.3. The number of rotatable bonds is 1. The van der Waals surface area contributed by atoms with E-state index in [1.165, 1.54) is 19.1 Å². The summed E-state index contributed by atoms with van der Waals surface area (Å²) < 4.78 is 37.4. The summed E-state index contributed by atoms with van der Waals surface area (Å²) in [4.78, 5) is 0. The summed E-state index contributed by atoms with van der Waals surface area (Å²) in [7, 11) is 0. The van der Waals surface area contributed by atoms with Gasteiger partial charge in [0.2, 0.25) is 0 Å². The van der Waals surface area contributed by atoms with E-state index in [0.717, 1.165) is 6.07 Å². The zero-order chi connectivity index (χ0) is 10.9. The summed E-state index contributed by atoms with van der Waals surface area (Å²) >= 11 is 5.65. The van der Waals surface area contributed by atoms with Gasteiger partial charge in [-0.2, -0.15) is 13.2 Å². The Balaban J connectivity index is 3.36. The van der Waals surface area contributed by atoms with Crippen LogP contribution in [0, 0.1) is 0 Å². The van der Waals surface area contributed by atoms with Gasteiger partial charge in [-0.3, -0.25) is 0 Å². The fourth-order valence-corrected chi connectivity index (χ4v) is 1.59. The Morgan fingerprint density at radius 2 is 1.93 bits per heavy atom. The maximum atomic E-state index is 12.5. The van der Waals surface area contributed by atoms with Crippen LogP contribution >= 0.6 is 11.6 Å². The molecule has 1 atom stereocenters. The molecule has 14 heavy (non-hydrogen) atoms. The molecule has 0 spiro atoms. The van der Waals surface area contributed by atoms with Crippen LogP contribution in [0.2, 0.25) is 5.02 Å². The first-order chi connectivity index (χ1) is 6.34. The van der Waals surface area contributed by atoms with Crippen molar-refractivity contribution < 1.29 is 13.2 Å². The molecule has 1 nitrogen and oxygen atoms in total. The van der Waals surface area contributed by atoms with E-state index in [0.29, 0.717) is 0 Å². The van der Waals surface area contributed by atoms with Crippen LogP contribution in [-0.4, -0.2) is 0 Å². The highest BCUT2D eigenvalue weighted by atomic mass is 35.5. The molecule has 78 valence electrons. The molecule has 0 amide bonds. The van der Waals surface area contributed by atoms with Crippen LogP contribution in [0.5, 0.6) is 0 Å². The highest BCUT2D eigenvalue weighted by Gasteiger charge is 2.34. The minimum Gasteiger partial charge on any atom is -0.324 e. The third kappa shape index (κ3) is 2.19. The smallest absolute Gasteiger partial charge is 0.324 e. The molecule has 1 aromatic rings. The van der Waals surface area contributed by atoms with E-state index in [4.69, 9.17) is 17.3 Å². The number of halogens is 4. The predicted octanol–water partition coefficient (Wildman–Crippen LogP) is 3.38. The van der Waals surface area contributed by atoms with Crippen molar-refractivity contribution in [3.05, 3.63) is 34.3 Å². The molecule has 1 aromatic carbocycles. The van der Waals surface area contributed by atoms with E-state index in [1.54, 1.807) is 0 Å². The Hall–Kier alpha value is -0.740. The first-order valence-corrected chi connectivity index (χ1v) is 4.33. The third-order valence-corrected chi connectivity index (χ3v) is 2.14. The summed E-state index contributed by atoms with van der Waals surface area (Å²) in [6.07, 6.45) is -4.41. The second-order valence-corrected chi connectivity index (χ2v) is 3.39. The quantitative estimate of drug-likeness (QED) is 0.776. The van der Waals surface area contributed by atoms with E-state index in [-0.39, 0.29) is 10.6 Å². The summed E-state index contributed by atoms with van der Waals surface area (Å²) in [5, 5.41) is 0.0508. The minimum atomic E-state index is -4.41. The molecule has 0 aromatic heterocycles. The molecule has 0 bridgehead atoms. The number of benzene rings is 1. The number of hydrogen-bond donors (Lipinski definition) is 1. The lowest BCUT2D eigenvalue weighted by atomic mass is 10.0. The van der Waals surface area contributed by atoms with E-state index < -0.39 is 17.8 Å². The second kappa shape index (κ2) is 3.79. The lowest BCUT2D eigenvalue weighted by Crippen LogP contribution is -2.15. The number of nitrogens with two attached hydrogens (primary N) is 1. The van der Waals surface area contributed by atoms with E-state index >= 15 is 0 Å². The van der Waals surface area contributed by atoms with Gasteiger partial charge in [0.25, 0.3) is 0 Å². The Kier molecular flexibility index (Phi) is 3.07. The fourth-order valence-electron chi connectivity index (χ4n) is 1.25. The van der Waals surface area contributed by atoms with Crippen LogP contribution in [0.15, 0.2) is 18.2 Å². The lowest BCUT2D eigenvalue weighted by molar-refractivity contribution is -0.138. The Morgan fingerprint density at radius 1 is 1.36 bits per heavy atom. The van der Waals surface area contributed by atoms with Gasteiger partial charge in [0.15, 0.2) is 0 Å². The van der Waals surface area contributed by atoms with Crippen LogP contribution in [0.4, 0.5) is 13.2 Å². The van der Waals surface area contributed by atoms with Crippen molar-refractivity contribution in [3.63, 3.8) is 0 Å². The molecule has 0 fully saturated rings. The molecule has 0 aliphatic heterocycles. The maximum absolute atomic E-state index is 12.5. The molecule has 0 radical (unpaired) electrons. The third-order valence-electron chi connectivity index (χ3n) is 1.81.